The van der Waals surface area contributed by atoms with E-state index >= 15 is 0 Å². The summed E-state index contributed by atoms with van der Waals surface area (Å²) in [6, 6.07) is 5.31. The maximum atomic E-state index is 12.8. The number of aromatic nitrogens is 4. The van der Waals surface area contributed by atoms with E-state index < -0.39 is 0 Å². The Balaban J connectivity index is 1.65. The highest BCUT2D eigenvalue weighted by atomic mass is 16.2. The van der Waals surface area contributed by atoms with E-state index in [1.807, 2.05) is 11.6 Å². The molecule has 1 aliphatic carbocycles. The van der Waals surface area contributed by atoms with Gasteiger partial charge in [-0.2, -0.15) is 5.10 Å². The zero-order valence-electron chi connectivity index (χ0n) is 14.9. The average Bonchev–Trinajstić information content (AvgIpc) is 3.28. The molecule has 26 heavy (non-hydrogen) atoms. The third kappa shape index (κ3) is 2.79. The third-order valence-corrected chi connectivity index (χ3v) is 5.06. The molecule has 2 aromatic heterocycles. The fraction of sp³-hybridized carbons (Fsp3) is 0.368. The van der Waals surface area contributed by atoms with Crippen molar-refractivity contribution in [2.45, 2.75) is 38.6 Å². The maximum absolute atomic E-state index is 12.8. The predicted molar refractivity (Wildman–Crippen MR) is 99.4 cm³/mol. The van der Waals surface area contributed by atoms with Crippen LogP contribution in [0, 0.1) is 6.92 Å². The van der Waals surface area contributed by atoms with Crippen LogP contribution in [-0.4, -0.2) is 25.2 Å². The highest BCUT2D eigenvalue weighted by Crippen LogP contribution is 2.32. The van der Waals surface area contributed by atoms with Gasteiger partial charge >= 0.3 is 0 Å². The quantitative estimate of drug-likeness (QED) is 0.787. The van der Waals surface area contributed by atoms with E-state index in [-0.39, 0.29) is 11.5 Å². The molecule has 1 aliphatic rings. The maximum Gasteiger partial charge on any atom is 0.260 e. The van der Waals surface area contributed by atoms with Crippen molar-refractivity contribution in [2.75, 3.05) is 5.32 Å². The largest absolute Gasteiger partial charge is 0.307 e. The Bertz CT molecular complexity index is 1040. The molecule has 4 rings (SSSR count). The minimum Gasteiger partial charge on any atom is -0.307 e. The molecule has 0 atom stereocenters. The molecule has 134 valence electrons. The Hall–Kier alpha value is -2.96. The number of benzene rings is 1. The van der Waals surface area contributed by atoms with Crippen molar-refractivity contribution >= 4 is 22.6 Å². The van der Waals surface area contributed by atoms with Crippen molar-refractivity contribution < 1.29 is 4.79 Å². The number of carbonyl (C=O) groups is 1. The number of rotatable bonds is 3. The lowest BCUT2D eigenvalue weighted by Gasteiger charge is -2.15. The van der Waals surface area contributed by atoms with Crippen LogP contribution in [0.2, 0.25) is 0 Å². The van der Waals surface area contributed by atoms with Crippen LogP contribution in [0.25, 0.3) is 10.9 Å². The van der Waals surface area contributed by atoms with Gasteiger partial charge in [-0.1, -0.05) is 12.8 Å². The molecule has 1 N–H and O–H groups in total. The summed E-state index contributed by atoms with van der Waals surface area (Å²) in [6.45, 7) is 1.94. The van der Waals surface area contributed by atoms with Crippen LogP contribution in [0.1, 0.15) is 47.6 Å². The van der Waals surface area contributed by atoms with Crippen LogP contribution in [0.4, 0.5) is 5.82 Å². The Kier molecular flexibility index (Phi) is 4.06. The molecule has 0 radical (unpaired) electrons. The van der Waals surface area contributed by atoms with Crippen LogP contribution < -0.4 is 10.9 Å². The Labute approximate surface area is 150 Å². The summed E-state index contributed by atoms with van der Waals surface area (Å²) in [6.07, 6.45) is 7.83. The summed E-state index contributed by atoms with van der Waals surface area (Å²) in [4.78, 5) is 29.1. The molecule has 1 aromatic carbocycles. The van der Waals surface area contributed by atoms with Crippen molar-refractivity contribution in [1.82, 2.24) is 19.3 Å². The van der Waals surface area contributed by atoms with Crippen molar-refractivity contribution in [3.05, 3.63) is 52.2 Å². The second kappa shape index (κ2) is 6.40. The molecule has 7 nitrogen and oxygen atoms in total. The van der Waals surface area contributed by atoms with Gasteiger partial charge in [-0.05, 0) is 38.0 Å². The van der Waals surface area contributed by atoms with E-state index in [9.17, 15) is 9.59 Å². The second-order valence-corrected chi connectivity index (χ2v) is 6.91. The Morgan fingerprint density at radius 3 is 2.81 bits per heavy atom. The van der Waals surface area contributed by atoms with Crippen LogP contribution in [-0.2, 0) is 7.05 Å². The summed E-state index contributed by atoms with van der Waals surface area (Å²) in [5, 5.41) is 7.95. The summed E-state index contributed by atoms with van der Waals surface area (Å²) < 4.78 is 3.36. The molecule has 0 aliphatic heterocycles. The smallest absolute Gasteiger partial charge is 0.260 e. The SMILES string of the molecule is Cc1cnn(C2CCCC2)c1NC(=O)c1ccc2c(=O)n(C)cnc2c1. The first-order valence-electron chi connectivity index (χ1n) is 8.85. The number of amides is 1. The van der Waals surface area contributed by atoms with Crippen molar-refractivity contribution in [3.8, 4) is 0 Å². The van der Waals surface area contributed by atoms with Gasteiger partial charge in [0.05, 0.1) is 29.5 Å². The monoisotopic (exact) mass is 351 g/mol. The number of anilines is 1. The fourth-order valence-corrected chi connectivity index (χ4v) is 3.56. The number of hydrogen-bond donors (Lipinski definition) is 1. The van der Waals surface area contributed by atoms with Gasteiger partial charge in [0.1, 0.15) is 5.82 Å². The summed E-state index contributed by atoms with van der Waals surface area (Å²) in [7, 11) is 1.66. The molecule has 1 fully saturated rings. The fourth-order valence-electron chi connectivity index (χ4n) is 3.56. The number of aryl methyl sites for hydroxylation is 2. The number of fused-ring (bicyclic) bond motifs is 1. The van der Waals surface area contributed by atoms with Crippen LogP contribution >= 0.6 is 0 Å². The van der Waals surface area contributed by atoms with Gasteiger partial charge in [0.2, 0.25) is 0 Å². The van der Waals surface area contributed by atoms with Crippen LogP contribution in [0.5, 0.6) is 0 Å². The number of carbonyl (C=O) groups excluding carboxylic acids is 1. The topological polar surface area (TPSA) is 81.8 Å². The second-order valence-electron chi connectivity index (χ2n) is 6.91. The summed E-state index contributed by atoms with van der Waals surface area (Å²) in [5.74, 6) is 0.524. The van der Waals surface area contributed by atoms with E-state index in [1.165, 1.54) is 23.7 Å². The van der Waals surface area contributed by atoms with Crippen molar-refractivity contribution in [3.63, 3.8) is 0 Å². The third-order valence-electron chi connectivity index (χ3n) is 5.06. The molecule has 0 bridgehead atoms. The summed E-state index contributed by atoms with van der Waals surface area (Å²) >= 11 is 0. The highest BCUT2D eigenvalue weighted by Gasteiger charge is 2.22. The molecular formula is C19H21N5O2. The first kappa shape index (κ1) is 16.5. The molecule has 3 aromatic rings. The zero-order valence-corrected chi connectivity index (χ0v) is 14.9. The molecule has 0 unspecified atom stereocenters. The molecular weight excluding hydrogens is 330 g/mol. The van der Waals surface area contributed by atoms with E-state index in [4.69, 9.17) is 0 Å². The van der Waals surface area contributed by atoms with E-state index in [2.05, 4.69) is 15.4 Å². The van der Waals surface area contributed by atoms with Gasteiger partial charge in [-0.3, -0.25) is 9.59 Å². The lowest BCUT2D eigenvalue weighted by atomic mass is 10.1. The van der Waals surface area contributed by atoms with Crippen molar-refractivity contribution in [1.29, 1.82) is 0 Å². The van der Waals surface area contributed by atoms with Crippen LogP contribution in [0.3, 0.4) is 0 Å². The Morgan fingerprint density at radius 1 is 1.27 bits per heavy atom. The molecule has 2 heterocycles. The van der Waals surface area contributed by atoms with E-state index in [0.717, 1.165) is 24.2 Å². The van der Waals surface area contributed by atoms with Crippen LogP contribution in [0.15, 0.2) is 35.5 Å². The minimum atomic E-state index is -0.225. The lowest BCUT2D eigenvalue weighted by Crippen LogP contribution is -2.19. The molecule has 1 amide bonds. The van der Waals surface area contributed by atoms with Gasteiger partial charge < -0.3 is 9.88 Å². The normalized spacial score (nSPS) is 14.8. The van der Waals surface area contributed by atoms with Gasteiger partial charge in [0.25, 0.3) is 11.5 Å². The van der Waals surface area contributed by atoms with E-state index in [0.29, 0.717) is 22.5 Å². The van der Waals surface area contributed by atoms with Gasteiger partial charge in [-0.25, -0.2) is 9.67 Å². The molecule has 0 saturated heterocycles. The first-order valence-corrected chi connectivity index (χ1v) is 8.85. The molecule has 7 heteroatoms. The van der Waals surface area contributed by atoms with Gasteiger partial charge in [0, 0.05) is 18.2 Å². The zero-order chi connectivity index (χ0) is 18.3. The number of nitrogens with one attached hydrogen (secondary N) is 1. The average molecular weight is 351 g/mol. The van der Waals surface area contributed by atoms with Gasteiger partial charge in [-0.15, -0.1) is 0 Å². The van der Waals surface area contributed by atoms with E-state index in [1.54, 1.807) is 31.4 Å². The van der Waals surface area contributed by atoms with Gasteiger partial charge in [0.15, 0.2) is 0 Å². The lowest BCUT2D eigenvalue weighted by molar-refractivity contribution is 0.102. The standard InChI is InChI=1S/C19H21N5O2/c1-12-10-21-24(14-5-3-4-6-14)17(12)22-18(25)13-7-8-15-16(9-13)20-11-23(2)19(15)26/h7-11,14H,3-6H2,1-2H3,(H,22,25). The number of hydrogen-bond acceptors (Lipinski definition) is 4. The molecule has 0 spiro atoms. The minimum absolute atomic E-state index is 0.128. The van der Waals surface area contributed by atoms with Crippen molar-refractivity contribution in [2.24, 2.45) is 7.05 Å². The number of nitrogens with zero attached hydrogens (tertiary/aromatic N) is 4. The Morgan fingerprint density at radius 2 is 2.04 bits per heavy atom. The predicted octanol–water partition coefficient (Wildman–Crippen LogP) is 2.81. The summed E-state index contributed by atoms with van der Waals surface area (Å²) in [5.41, 5.74) is 1.80. The molecule has 1 saturated carbocycles. The highest BCUT2D eigenvalue weighted by molar-refractivity contribution is 6.05. The first-order chi connectivity index (χ1) is 12.5.